The summed E-state index contributed by atoms with van der Waals surface area (Å²) < 4.78 is 10.6. The van der Waals surface area contributed by atoms with Gasteiger partial charge in [0.1, 0.15) is 11.5 Å². The highest BCUT2D eigenvalue weighted by Gasteiger charge is 2.05. The molecule has 1 N–H and O–H groups in total. The molecule has 5 nitrogen and oxygen atoms in total. The van der Waals surface area contributed by atoms with Gasteiger partial charge in [-0.1, -0.05) is 18.2 Å². The highest BCUT2D eigenvalue weighted by molar-refractivity contribution is 5.94. The lowest BCUT2D eigenvalue weighted by Crippen LogP contribution is -2.26. The second-order valence-electron chi connectivity index (χ2n) is 6.60. The fourth-order valence-corrected chi connectivity index (χ4v) is 2.84. The van der Waals surface area contributed by atoms with Crippen molar-refractivity contribution in [3.8, 4) is 11.5 Å². The second kappa shape index (κ2) is 11.2. The Morgan fingerprint density at radius 2 is 1.63 bits per heavy atom. The number of benzene rings is 2. The summed E-state index contributed by atoms with van der Waals surface area (Å²) in [5.41, 5.74) is 1.91. The van der Waals surface area contributed by atoms with E-state index >= 15 is 0 Å². The summed E-state index contributed by atoms with van der Waals surface area (Å²) in [7, 11) is 5.46. The van der Waals surface area contributed by atoms with Gasteiger partial charge in [0.15, 0.2) is 0 Å². The van der Waals surface area contributed by atoms with Gasteiger partial charge in [0.25, 0.3) is 5.91 Å². The van der Waals surface area contributed by atoms with Crippen LogP contribution >= 0.6 is 0 Å². The number of hydrogen-bond donors (Lipinski definition) is 1. The molecule has 0 aliphatic heterocycles. The van der Waals surface area contributed by atoms with Crippen molar-refractivity contribution in [1.82, 2.24) is 10.2 Å². The fourth-order valence-electron chi connectivity index (χ4n) is 2.84. The van der Waals surface area contributed by atoms with Crippen LogP contribution in [0.3, 0.4) is 0 Å². The summed E-state index contributed by atoms with van der Waals surface area (Å²) >= 11 is 0. The molecule has 0 saturated heterocycles. The van der Waals surface area contributed by atoms with E-state index in [2.05, 4.69) is 29.4 Å². The van der Waals surface area contributed by atoms with E-state index in [1.165, 1.54) is 5.56 Å². The molecule has 0 heterocycles. The predicted molar refractivity (Wildman–Crippen MR) is 109 cm³/mol. The van der Waals surface area contributed by atoms with E-state index in [9.17, 15) is 4.79 Å². The number of amides is 1. The molecule has 0 unspecified atom stereocenters. The zero-order chi connectivity index (χ0) is 19.5. The molecule has 0 atom stereocenters. The lowest BCUT2D eigenvalue weighted by molar-refractivity contribution is 0.0952. The van der Waals surface area contributed by atoms with Crippen molar-refractivity contribution in [2.24, 2.45) is 0 Å². The van der Waals surface area contributed by atoms with Crippen molar-refractivity contribution in [3.05, 3.63) is 59.7 Å². The Kier molecular flexibility index (Phi) is 8.65. The molecule has 2 aromatic rings. The molecule has 0 radical (unpaired) electrons. The van der Waals surface area contributed by atoms with Crippen molar-refractivity contribution >= 4 is 5.91 Å². The summed E-state index contributed by atoms with van der Waals surface area (Å²) in [5, 5.41) is 2.97. The summed E-state index contributed by atoms with van der Waals surface area (Å²) in [4.78, 5) is 14.3. The first-order valence-corrected chi connectivity index (χ1v) is 9.36. The third-order valence-electron chi connectivity index (χ3n) is 4.48. The zero-order valence-electron chi connectivity index (χ0n) is 16.5. The SMILES string of the molecule is COc1cc(CCN(C)CCCCNC(=O)c2ccccc2)cc(OC)c1. The van der Waals surface area contributed by atoms with Gasteiger partial charge in [0.05, 0.1) is 14.2 Å². The van der Waals surface area contributed by atoms with Gasteiger partial charge in [-0.2, -0.15) is 0 Å². The molecule has 1 amide bonds. The molecule has 2 aromatic carbocycles. The summed E-state index contributed by atoms with van der Waals surface area (Å²) in [6.45, 7) is 2.67. The van der Waals surface area contributed by atoms with Crippen LogP contribution in [0.1, 0.15) is 28.8 Å². The lowest BCUT2D eigenvalue weighted by atomic mass is 10.1. The Hall–Kier alpha value is -2.53. The molecule has 27 heavy (non-hydrogen) atoms. The molecule has 5 heteroatoms. The van der Waals surface area contributed by atoms with Crippen LogP contribution in [0.25, 0.3) is 0 Å². The lowest BCUT2D eigenvalue weighted by Gasteiger charge is -2.17. The summed E-state index contributed by atoms with van der Waals surface area (Å²) in [6.07, 6.45) is 2.96. The van der Waals surface area contributed by atoms with E-state index in [1.807, 2.05) is 36.4 Å². The van der Waals surface area contributed by atoms with Crippen LogP contribution < -0.4 is 14.8 Å². The summed E-state index contributed by atoms with van der Waals surface area (Å²) in [6, 6.07) is 15.3. The van der Waals surface area contributed by atoms with Crippen molar-refractivity contribution in [2.75, 3.05) is 40.9 Å². The Morgan fingerprint density at radius 3 is 2.26 bits per heavy atom. The number of carbonyl (C=O) groups is 1. The molecule has 0 aromatic heterocycles. The molecule has 0 bridgehead atoms. The predicted octanol–water partition coefficient (Wildman–Crippen LogP) is 3.39. The molecule has 0 aliphatic carbocycles. The van der Waals surface area contributed by atoms with Crippen LogP contribution in [0.2, 0.25) is 0 Å². The zero-order valence-corrected chi connectivity index (χ0v) is 16.5. The van der Waals surface area contributed by atoms with Crippen molar-refractivity contribution in [1.29, 1.82) is 0 Å². The van der Waals surface area contributed by atoms with E-state index in [4.69, 9.17) is 9.47 Å². The highest BCUT2D eigenvalue weighted by atomic mass is 16.5. The first-order chi connectivity index (χ1) is 13.1. The second-order valence-corrected chi connectivity index (χ2v) is 6.60. The quantitative estimate of drug-likeness (QED) is 0.616. The molecular formula is C22H30N2O3. The Morgan fingerprint density at radius 1 is 0.963 bits per heavy atom. The standard InChI is InChI=1S/C22H30N2O3/c1-24(14-11-18-15-20(26-2)17-21(16-18)27-3)13-8-7-12-23-22(25)19-9-5-4-6-10-19/h4-6,9-10,15-17H,7-8,11-14H2,1-3H3,(H,23,25). The van der Waals surface area contributed by atoms with Crippen LogP contribution in [0.4, 0.5) is 0 Å². The fraction of sp³-hybridized carbons (Fsp3) is 0.409. The average Bonchev–Trinajstić information content (AvgIpc) is 2.72. The van der Waals surface area contributed by atoms with Crippen molar-refractivity contribution in [2.45, 2.75) is 19.3 Å². The Balaban J connectivity index is 1.64. The van der Waals surface area contributed by atoms with Gasteiger partial charge in [0.2, 0.25) is 0 Å². The number of ether oxygens (including phenoxy) is 2. The summed E-state index contributed by atoms with van der Waals surface area (Å²) in [5.74, 6) is 1.64. The van der Waals surface area contributed by atoms with Crippen LogP contribution in [0, 0.1) is 0 Å². The number of likely N-dealkylation sites (N-methyl/N-ethyl adjacent to an activating group) is 1. The Bertz CT molecular complexity index is 682. The van der Waals surface area contributed by atoms with Crippen LogP contribution in [0.5, 0.6) is 11.5 Å². The maximum absolute atomic E-state index is 12.0. The van der Waals surface area contributed by atoms with Crippen molar-refractivity contribution in [3.63, 3.8) is 0 Å². The van der Waals surface area contributed by atoms with Gasteiger partial charge in [-0.05, 0) is 62.7 Å². The van der Waals surface area contributed by atoms with Gasteiger partial charge >= 0.3 is 0 Å². The van der Waals surface area contributed by atoms with Crippen molar-refractivity contribution < 1.29 is 14.3 Å². The van der Waals surface area contributed by atoms with Gasteiger partial charge in [-0.25, -0.2) is 0 Å². The minimum atomic E-state index is -0.00377. The molecule has 0 spiro atoms. The molecule has 0 aliphatic rings. The van der Waals surface area contributed by atoms with Crippen LogP contribution in [-0.4, -0.2) is 51.7 Å². The highest BCUT2D eigenvalue weighted by Crippen LogP contribution is 2.22. The normalized spacial score (nSPS) is 10.7. The molecule has 0 saturated carbocycles. The van der Waals surface area contributed by atoms with Gasteiger partial charge < -0.3 is 19.7 Å². The number of unbranched alkanes of at least 4 members (excludes halogenated alkanes) is 1. The van der Waals surface area contributed by atoms with E-state index in [0.29, 0.717) is 12.1 Å². The Labute approximate surface area is 162 Å². The third kappa shape index (κ3) is 7.31. The number of nitrogens with one attached hydrogen (secondary N) is 1. The monoisotopic (exact) mass is 370 g/mol. The number of hydrogen-bond acceptors (Lipinski definition) is 4. The average molecular weight is 370 g/mol. The molecule has 2 rings (SSSR count). The number of rotatable bonds is 11. The van der Waals surface area contributed by atoms with E-state index < -0.39 is 0 Å². The molecule has 146 valence electrons. The first kappa shape index (κ1) is 20.8. The van der Waals surface area contributed by atoms with E-state index in [-0.39, 0.29) is 5.91 Å². The minimum Gasteiger partial charge on any atom is -0.497 e. The molecular weight excluding hydrogens is 340 g/mol. The number of nitrogens with zero attached hydrogens (tertiary/aromatic N) is 1. The van der Waals surface area contributed by atoms with E-state index in [0.717, 1.165) is 43.9 Å². The first-order valence-electron chi connectivity index (χ1n) is 9.36. The largest absolute Gasteiger partial charge is 0.497 e. The van der Waals surface area contributed by atoms with Crippen LogP contribution in [-0.2, 0) is 6.42 Å². The van der Waals surface area contributed by atoms with Gasteiger partial charge in [-0.3, -0.25) is 4.79 Å². The van der Waals surface area contributed by atoms with Gasteiger partial charge in [0, 0.05) is 24.7 Å². The van der Waals surface area contributed by atoms with Gasteiger partial charge in [-0.15, -0.1) is 0 Å². The maximum Gasteiger partial charge on any atom is 0.251 e. The third-order valence-corrected chi connectivity index (χ3v) is 4.48. The van der Waals surface area contributed by atoms with E-state index in [1.54, 1.807) is 14.2 Å². The van der Waals surface area contributed by atoms with Crippen LogP contribution in [0.15, 0.2) is 48.5 Å². The molecule has 0 fully saturated rings. The minimum absolute atomic E-state index is 0.00377. The topological polar surface area (TPSA) is 50.8 Å². The smallest absolute Gasteiger partial charge is 0.251 e. The number of carbonyl (C=O) groups excluding carboxylic acids is 1. The maximum atomic E-state index is 12.0. The number of methoxy groups -OCH3 is 2.